The van der Waals surface area contributed by atoms with Crippen molar-refractivity contribution in [1.29, 1.82) is 0 Å². The van der Waals surface area contributed by atoms with E-state index in [2.05, 4.69) is 25.9 Å². The molecule has 1 fully saturated rings. The molecular formula is C21H26Cl2N6O2. The van der Waals surface area contributed by atoms with Crippen LogP contribution >= 0.6 is 24.8 Å². The van der Waals surface area contributed by atoms with E-state index in [1.165, 1.54) is 0 Å². The maximum atomic E-state index is 12.7. The summed E-state index contributed by atoms with van der Waals surface area (Å²) >= 11 is 0. The van der Waals surface area contributed by atoms with Gasteiger partial charge in [0.2, 0.25) is 0 Å². The fraction of sp³-hybridized carbons (Fsp3) is 0.333. The molecule has 31 heavy (non-hydrogen) atoms. The lowest BCUT2D eigenvalue weighted by atomic mass is 10.1. The fourth-order valence-corrected chi connectivity index (χ4v) is 3.44. The molecule has 0 spiro atoms. The number of rotatable bonds is 6. The minimum atomic E-state index is -0.274. The van der Waals surface area contributed by atoms with Crippen molar-refractivity contribution in [1.82, 2.24) is 25.3 Å². The third kappa shape index (κ3) is 6.16. The van der Waals surface area contributed by atoms with Crippen molar-refractivity contribution in [2.24, 2.45) is 0 Å². The van der Waals surface area contributed by atoms with Crippen LogP contribution in [0.3, 0.4) is 0 Å². The van der Waals surface area contributed by atoms with E-state index in [-0.39, 0.29) is 36.8 Å². The Labute approximate surface area is 193 Å². The number of benzene rings is 1. The number of anilines is 1. The average Bonchev–Trinajstić information content (AvgIpc) is 3.15. The van der Waals surface area contributed by atoms with Crippen LogP contribution in [0.5, 0.6) is 5.75 Å². The van der Waals surface area contributed by atoms with Crippen LogP contribution in [0, 0.1) is 6.92 Å². The highest BCUT2D eigenvalue weighted by atomic mass is 35.5. The van der Waals surface area contributed by atoms with Gasteiger partial charge in [0.25, 0.3) is 5.91 Å². The van der Waals surface area contributed by atoms with Crippen LogP contribution < -0.4 is 15.4 Å². The molecule has 0 saturated carbocycles. The molecule has 2 aromatic heterocycles. The van der Waals surface area contributed by atoms with Crippen LogP contribution in [0.2, 0.25) is 0 Å². The Morgan fingerprint density at radius 3 is 2.74 bits per heavy atom. The van der Waals surface area contributed by atoms with E-state index in [0.717, 1.165) is 37.3 Å². The van der Waals surface area contributed by atoms with E-state index in [1.807, 2.05) is 48.0 Å². The molecule has 1 aromatic carbocycles. The monoisotopic (exact) mass is 464 g/mol. The quantitative estimate of drug-likeness (QED) is 0.578. The zero-order valence-corrected chi connectivity index (χ0v) is 18.8. The molecule has 2 N–H and O–H groups in total. The van der Waals surface area contributed by atoms with Gasteiger partial charge >= 0.3 is 0 Å². The van der Waals surface area contributed by atoms with Crippen LogP contribution in [0.25, 0.3) is 0 Å². The van der Waals surface area contributed by atoms with Gasteiger partial charge in [0, 0.05) is 18.0 Å². The summed E-state index contributed by atoms with van der Waals surface area (Å²) in [6.07, 6.45) is 3.70. The first kappa shape index (κ1) is 24.6. The van der Waals surface area contributed by atoms with E-state index in [1.54, 1.807) is 12.3 Å². The summed E-state index contributed by atoms with van der Waals surface area (Å²) in [6.45, 7) is 4.17. The summed E-state index contributed by atoms with van der Waals surface area (Å²) in [5, 5.41) is 14.6. The highest BCUT2D eigenvalue weighted by Crippen LogP contribution is 2.22. The van der Waals surface area contributed by atoms with Gasteiger partial charge in [-0.1, -0.05) is 17.3 Å². The van der Waals surface area contributed by atoms with Crippen molar-refractivity contribution in [2.45, 2.75) is 32.4 Å². The Hall–Kier alpha value is -2.68. The van der Waals surface area contributed by atoms with Crippen molar-refractivity contribution in [3.05, 3.63) is 65.7 Å². The number of nitrogens with one attached hydrogen (secondary N) is 2. The number of ether oxygens (including phenoxy) is 1. The summed E-state index contributed by atoms with van der Waals surface area (Å²) < 4.78 is 7.65. The third-order valence-electron chi connectivity index (χ3n) is 5.00. The largest absolute Gasteiger partial charge is 0.487 e. The Morgan fingerprint density at radius 2 is 2.00 bits per heavy atom. The van der Waals surface area contributed by atoms with Gasteiger partial charge in [-0.3, -0.25) is 9.78 Å². The number of nitrogens with zero attached hydrogens (tertiary/aromatic N) is 4. The molecule has 4 rings (SSSR count). The van der Waals surface area contributed by atoms with E-state index in [0.29, 0.717) is 23.7 Å². The number of halogens is 2. The number of pyridine rings is 1. The minimum Gasteiger partial charge on any atom is -0.487 e. The number of hydrogen-bond acceptors (Lipinski definition) is 6. The summed E-state index contributed by atoms with van der Waals surface area (Å²) in [6, 6.07) is 13.3. The number of amides is 1. The molecule has 0 unspecified atom stereocenters. The first-order valence-corrected chi connectivity index (χ1v) is 9.77. The molecule has 3 heterocycles. The van der Waals surface area contributed by atoms with E-state index in [4.69, 9.17) is 4.74 Å². The second-order valence-corrected chi connectivity index (χ2v) is 7.04. The Bertz CT molecular complexity index is 977. The number of carbonyl (C=O) groups is 1. The Kier molecular flexibility index (Phi) is 9.23. The smallest absolute Gasteiger partial charge is 0.278 e. The van der Waals surface area contributed by atoms with Gasteiger partial charge in [0.05, 0.1) is 17.4 Å². The molecule has 1 saturated heterocycles. The highest BCUT2D eigenvalue weighted by Gasteiger charge is 2.23. The van der Waals surface area contributed by atoms with E-state index < -0.39 is 0 Å². The third-order valence-corrected chi connectivity index (χ3v) is 5.00. The van der Waals surface area contributed by atoms with Crippen LogP contribution in [-0.2, 0) is 6.61 Å². The molecule has 1 aliphatic rings. The molecule has 3 aromatic rings. The number of aromatic nitrogens is 4. The number of piperidine rings is 1. The molecule has 0 aliphatic carbocycles. The van der Waals surface area contributed by atoms with E-state index in [9.17, 15) is 4.79 Å². The second kappa shape index (κ2) is 11.6. The van der Waals surface area contributed by atoms with Gasteiger partial charge in [-0.15, -0.1) is 29.9 Å². The minimum absolute atomic E-state index is 0. The predicted octanol–water partition coefficient (Wildman–Crippen LogP) is 3.58. The maximum Gasteiger partial charge on any atom is 0.278 e. The maximum absolute atomic E-state index is 12.7. The van der Waals surface area contributed by atoms with Crippen LogP contribution in [0.4, 0.5) is 5.69 Å². The fourth-order valence-electron chi connectivity index (χ4n) is 3.44. The molecule has 1 amide bonds. The topological polar surface area (TPSA) is 94.0 Å². The first-order valence-electron chi connectivity index (χ1n) is 9.77. The lowest BCUT2D eigenvalue weighted by Gasteiger charge is -2.23. The molecule has 166 valence electrons. The first-order chi connectivity index (χ1) is 14.2. The Balaban J connectivity index is 0.00000171. The van der Waals surface area contributed by atoms with Crippen molar-refractivity contribution < 1.29 is 9.53 Å². The van der Waals surface area contributed by atoms with Gasteiger partial charge in [-0.05, 0) is 57.1 Å². The van der Waals surface area contributed by atoms with Gasteiger partial charge in [-0.25, -0.2) is 4.68 Å². The molecular weight excluding hydrogens is 439 g/mol. The molecule has 0 radical (unpaired) electrons. The van der Waals surface area contributed by atoms with Crippen LogP contribution in [0.1, 0.15) is 40.8 Å². The van der Waals surface area contributed by atoms with Crippen LogP contribution in [-0.4, -0.2) is 39.0 Å². The van der Waals surface area contributed by atoms with Crippen LogP contribution in [0.15, 0.2) is 48.7 Å². The predicted molar refractivity (Wildman–Crippen MR) is 123 cm³/mol. The van der Waals surface area contributed by atoms with Crippen molar-refractivity contribution in [3.63, 3.8) is 0 Å². The Morgan fingerprint density at radius 1 is 1.19 bits per heavy atom. The average molecular weight is 465 g/mol. The van der Waals surface area contributed by atoms with Gasteiger partial charge in [0.1, 0.15) is 12.4 Å². The molecule has 1 aliphatic heterocycles. The van der Waals surface area contributed by atoms with Crippen molar-refractivity contribution >= 4 is 36.4 Å². The zero-order chi connectivity index (χ0) is 20.1. The lowest BCUT2D eigenvalue weighted by molar-refractivity contribution is 0.102. The molecule has 10 heteroatoms. The summed E-state index contributed by atoms with van der Waals surface area (Å²) in [4.78, 5) is 17.0. The molecule has 0 bridgehead atoms. The summed E-state index contributed by atoms with van der Waals surface area (Å²) in [7, 11) is 0. The van der Waals surface area contributed by atoms with Crippen molar-refractivity contribution in [3.8, 4) is 5.75 Å². The van der Waals surface area contributed by atoms with Gasteiger partial charge < -0.3 is 15.4 Å². The number of carbonyl (C=O) groups excluding carboxylic acids is 1. The summed E-state index contributed by atoms with van der Waals surface area (Å²) in [5.74, 6) is 0.382. The highest BCUT2D eigenvalue weighted by molar-refractivity contribution is 6.03. The number of hydrogen-bond donors (Lipinski definition) is 2. The lowest BCUT2D eigenvalue weighted by Crippen LogP contribution is -2.30. The van der Waals surface area contributed by atoms with Gasteiger partial charge in [0.15, 0.2) is 5.69 Å². The second-order valence-electron chi connectivity index (χ2n) is 7.04. The molecule has 0 atom stereocenters. The van der Waals surface area contributed by atoms with E-state index >= 15 is 0 Å². The van der Waals surface area contributed by atoms with Crippen molar-refractivity contribution in [2.75, 3.05) is 18.4 Å². The summed E-state index contributed by atoms with van der Waals surface area (Å²) in [5.41, 5.74) is 2.62. The van der Waals surface area contributed by atoms with Gasteiger partial charge in [-0.2, -0.15) is 0 Å². The zero-order valence-electron chi connectivity index (χ0n) is 17.2. The standard InChI is InChI=1S/C21H24N6O2.2ClH/c1-15-20(25-26-27(15)18-8-11-22-12-9-18)21(28)24-16-6-4-7-19(13-16)29-14-17-5-2-3-10-23-17;;/h2-7,10,13,18,22H,8-9,11-12,14H2,1H3,(H,24,28);2*1H. The normalized spacial score (nSPS) is 13.6. The SMILES string of the molecule is Cc1c(C(=O)Nc2cccc(OCc3ccccn3)c2)nnn1C1CCNCC1.Cl.Cl. The molecule has 8 nitrogen and oxygen atoms in total.